The number of aliphatic hydroxyl groups is 2. The summed E-state index contributed by atoms with van der Waals surface area (Å²) >= 11 is 0. The Kier molecular flexibility index (Phi) is 5.17. The van der Waals surface area contributed by atoms with E-state index in [0.717, 1.165) is 32.1 Å². The van der Waals surface area contributed by atoms with Crippen LogP contribution in [0.2, 0.25) is 0 Å². The minimum Gasteiger partial charge on any atom is -0.392 e. The molecule has 19 heavy (non-hydrogen) atoms. The zero-order valence-corrected chi connectivity index (χ0v) is 11.8. The first kappa shape index (κ1) is 14.7. The van der Waals surface area contributed by atoms with Crippen LogP contribution in [-0.4, -0.2) is 28.2 Å². The number of hydrogen-bond acceptors (Lipinski definition) is 3. The van der Waals surface area contributed by atoms with Crippen molar-refractivity contribution in [3.05, 3.63) is 12.2 Å². The van der Waals surface area contributed by atoms with E-state index in [-0.39, 0.29) is 12.0 Å². The molecule has 3 heteroatoms. The number of aliphatic hydroxyl groups excluding tert-OH is 2. The maximum atomic E-state index is 11.5. The van der Waals surface area contributed by atoms with Crippen LogP contribution in [0.15, 0.2) is 12.2 Å². The van der Waals surface area contributed by atoms with Crippen molar-refractivity contribution in [1.82, 2.24) is 0 Å². The smallest absolute Gasteiger partial charge is 0.133 e. The molecule has 0 heterocycles. The fourth-order valence-corrected chi connectivity index (χ4v) is 3.65. The molecule has 2 aliphatic rings. The van der Waals surface area contributed by atoms with Crippen molar-refractivity contribution in [2.24, 2.45) is 17.8 Å². The van der Waals surface area contributed by atoms with Crippen LogP contribution >= 0.6 is 0 Å². The van der Waals surface area contributed by atoms with Gasteiger partial charge in [0, 0.05) is 18.8 Å². The highest BCUT2D eigenvalue weighted by Crippen LogP contribution is 2.46. The van der Waals surface area contributed by atoms with Crippen molar-refractivity contribution in [3.8, 4) is 0 Å². The number of carbonyl (C=O) groups excluding carboxylic acids is 1. The van der Waals surface area contributed by atoms with Crippen LogP contribution in [0.25, 0.3) is 0 Å². The lowest BCUT2D eigenvalue weighted by molar-refractivity contribution is -0.118. The van der Waals surface area contributed by atoms with Crippen LogP contribution in [-0.2, 0) is 4.79 Å². The molecule has 0 amide bonds. The van der Waals surface area contributed by atoms with E-state index in [9.17, 15) is 15.0 Å². The molecule has 108 valence electrons. The highest BCUT2D eigenvalue weighted by molar-refractivity contribution is 5.81. The lowest BCUT2D eigenvalue weighted by atomic mass is 9.90. The quantitative estimate of drug-likeness (QED) is 0.573. The summed E-state index contributed by atoms with van der Waals surface area (Å²) in [6, 6.07) is 0. The Morgan fingerprint density at radius 1 is 1.37 bits per heavy atom. The van der Waals surface area contributed by atoms with Gasteiger partial charge in [-0.1, -0.05) is 38.3 Å². The summed E-state index contributed by atoms with van der Waals surface area (Å²) in [6.45, 7) is 2.15. The summed E-state index contributed by atoms with van der Waals surface area (Å²) in [6.07, 6.45) is 9.20. The Morgan fingerprint density at radius 3 is 2.89 bits per heavy atom. The molecule has 0 aromatic rings. The molecular weight excluding hydrogens is 240 g/mol. The lowest BCUT2D eigenvalue weighted by Gasteiger charge is -2.17. The van der Waals surface area contributed by atoms with E-state index in [2.05, 4.69) is 6.92 Å². The van der Waals surface area contributed by atoms with Gasteiger partial charge in [-0.05, 0) is 24.7 Å². The van der Waals surface area contributed by atoms with Crippen molar-refractivity contribution >= 4 is 5.78 Å². The predicted molar refractivity (Wildman–Crippen MR) is 74.6 cm³/mol. The van der Waals surface area contributed by atoms with Crippen molar-refractivity contribution < 1.29 is 15.0 Å². The molecular formula is C16H26O3. The Hall–Kier alpha value is -0.670. The van der Waals surface area contributed by atoms with E-state index in [1.807, 2.05) is 12.2 Å². The summed E-state index contributed by atoms with van der Waals surface area (Å²) in [7, 11) is 0. The molecule has 2 rings (SSSR count). The van der Waals surface area contributed by atoms with Crippen LogP contribution in [0, 0.1) is 17.8 Å². The van der Waals surface area contributed by atoms with Gasteiger partial charge in [0.05, 0.1) is 12.2 Å². The fraction of sp³-hybridized carbons (Fsp3) is 0.812. The van der Waals surface area contributed by atoms with E-state index >= 15 is 0 Å². The SMILES string of the molecule is CCCCC[C@H](O)C=C[C@@H]1[C@H]2CC(=O)C[C@H]2C[C@H]1O. The topological polar surface area (TPSA) is 57.5 Å². The zero-order chi connectivity index (χ0) is 13.8. The van der Waals surface area contributed by atoms with E-state index in [0.29, 0.717) is 30.5 Å². The average molecular weight is 266 g/mol. The molecule has 0 radical (unpaired) electrons. The minimum absolute atomic E-state index is 0.0669. The number of rotatable bonds is 6. The van der Waals surface area contributed by atoms with Crippen LogP contribution in [0.1, 0.15) is 51.9 Å². The molecule has 0 saturated heterocycles. The molecule has 0 spiro atoms. The second kappa shape index (κ2) is 6.67. The Labute approximate surface area is 115 Å². The molecule has 0 bridgehead atoms. The Morgan fingerprint density at radius 2 is 2.16 bits per heavy atom. The monoisotopic (exact) mass is 266 g/mol. The number of hydrogen-bond donors (Lipinski definition) is 2. The third kappa shape index (κ3) is 3.67. The van der Waals surface area contributed by atoms with Crippen LogP contribution in [0.4, 0.5) is 0 Å². The van der Waals surface area contributed by atoms with Crippen molar-refractivity contribution in [1.29, 1.82) is 0 Å². The van der Waals surface area contributed by atoms with Crippen molar-refractivity contribution in [2.75, 3.05) is 0 Å². The molecule has 0 aromatic carbocycles. The average Bonchev–Trinajstić information content (AvgIpc) is 2.82. The van der Waals surface area contributed by atoms with Gasteiger partial charge in [-0.3, -0.25) is 4.79 Å². The van der Waals surface area contributed by atoms with Gasteiger partial charge in [-0.25, -0.2) is 0 Å². The van der Waals surface area contributed by atoms with Gasteiger partial charge in [0.1, 0.15) is 5.78 Å². The first-order valence-corrected chi connectivity index (χ1v) is 7.68. The molecule has 2 saturated carbocycles. The predicted octanol–water partition coefficient (Wildman–Crippen LogP) is 2.46. The molecule has 0 unspecified atom stereocenters. The lowest BCUT2D eigenvalue weighted by Crippen LogP contribution is -2.18. The van der Waals surface area contributed by atoms with E-state index in [1.54, 1.807) is 0 Å². The Balaban J connectivity index is 1.85. The highest BCUT2D eigenvalue weighted by Gasteiger charge is 2.46. The summed E-state index contributed by atoms with van der Waals surface area (Å²) < 4.78 is 0. The highest BCUT2D eigenvalue weighted by atomic mass is 16.3. The van der Waals surface area contributed by atoms with Gasteiger partial charge < -0.3 is 10.2 Å². The molecule has 5 atom stereocenters. The molecule has 2 fully saturated rings. The van der Waals surface area contributed by atoms with E-state index in [4.69, 9.17) is 0 Å². The first-order chi connectivity index (χ1) is 9.11. The van der Waals surface area contributed by atoms with Gasteiger partial charge in [0.2, 0.25) is 0 Å². The maximum absolute atomic E-state index is 11.5. The number of fused-ring (bicyclic) bond motifs is 1. The second-order valence-electron chi connectivity index (χ2n) is 6.20. The third-order valence-electron chi connectivity index (χ3n) is 4.70. The first-order valence-electron chi connectivity index (χ1n) is 7.68. The summed E-state index contributed by atoms with van der Waals surface area (Å²) in [4.78, 5) is 11.5. The summed E-state index contributed by atoms with van der Waals surface area (Å²) in [5.41, 5.74) is 0. The van der Waals surface area contributed by atoms with Crippen LogP contribution < -0.4 is 0 Å². The van der Waals surface area contributed by atoms with Gasteiger partial charge in [-0.15, -0.1) is 0 Å². The van der Waals surface area contributed by atoms with Gasteiger partial charge in [-0.2, -0.15) is 0 Å². The van der Waals surface area contributed by atoms with Crippen LogP contribution in [0.3, 0.4) is 0 Å². The molecule has 2 aliphatic carbocycles. The molecule has 0 aromatic heterocycles. The zero-order valence-electron chi connectivity index (χ0n) is 11.8. The van der Waals surface area contributed by atoms with Gasteiger partial charge in [0.15, 0.2) is 0 Å². The standard InChI is InChI=1S/C16H26O3/c1-2-3-4-5-12(17)6-7-14-15-10-13(18)8-11(15)9-16(14)19/h6-7,11-12,14-17,19H,2-5,8-10H2,1H3/t11-,12-,14+,15-,16+/m0/s1. The van der Waals surface area contributed by atoms with Gasteiger partial charge >= 0.3 is 0 Å². The maximum Gasteiger partial charge on any atom is 0.133 e. The molecule has 0 aliphatic heterocycles. The number of unbranched alkanes of at least 4 members (excludes halogenated alkanes) is 2. The fourth-order valence-electron chi connectivity index (χ4n) is 3.65. The number of carbonyl (C=O) groups is 1. The normalized spacial score (nSPS) is 36.1. The minimum atomic E-state index is -0.407. The van der Waals surface area contributed by atoms with E-state index in [1.165, 1.54) is 0 Å². The Bertz CT molecular complexity index is 337. The number of ketones is 1. The molecule has 2 N–H and O–H groups in total. The van der Waals surface area contributed by atoms with Crippen LogP contribution in [0.5, 0.6) is 0 Å². The number of Topliss-reactive ketones (excluding diaryl/α,β-unsaturated/α-hetero) is 1. The second-order valence-corrected chi connectivity index (χ2v) is 6.20. The largest absolute Gasteiger partial charge is 0.392 e. The van der Waals surface area contributed by atoms with Crippen molar-refractivity contribution in [2.45, 2.75) is 64.1 Å². The van der Waals surface area contributed by atoms with Crippen molar-refractivity contribution in [3.63, 3.8) is 0 Å². The molecule has 3 nitrogen and oxygen atoms in total. The third-order valence-corrected chi connectivity index (χ3v) is 4.70. The van der Waals surface area contributed by atoms with Gasteiger partial charge in [0.25, 0.3) is 0 Å². The summed E-state index contributed by atoms with van der Waals surface area (Å²) in [5, 5.41) is 19.9. The summed E-state index contributed by atoms with van der Waals surface area (Å²) in [5.74, 6) is 1.08. The van der Waals surface area contributed by atoms with E-state index < -0.39 is 6.10 Å².